The maximum absolute atomic E-state index is 11.5. The van der Waals surface area contributed by atoms with Gasteiger partial charge in [-0.05, 0) is 63.1 Å². The summed E-state index contributed by atoms with van der Waals surface area (Å²) < 4.78 is 15.5. The van der Waals surface area contributed by atoms with E-state index in [1.807, 2.05) is 19.9 Å². The lowest BCUT2D eigenvalue weighted by Crippen LogP contribution is -2.30. The third-order valence-electron chi connectivity index (χ3n) is 4.28. The van der Waals surface area contributed by atoms with Gasteiger partial charge in [0.15, 0.2) is 12.2 Å². The van der Waals surface area contributed by atoms with Crippen LogP contribution in [0.25, 0.3) is 0 Å². The van der Waals surface area contributed by atoms with Gasteiger partial charge in [0.2, 0.25) is 0 Å². The minimum absolute atomic E-state index is 0.0589. The zero-order chi connectivity index (χ0) is 25.0. The molecule has 182 valence electrons. The van der Waals surface area contributed by atoms with E-state index < -0.39 is 24.1 Å². The molecule has 0 bridgehead atoms. The average molecular weight is 463 g/mol. The van der Waals surface area contributed by atoms with Gasteiger partial charge in [-0.1, -0.05) is 24.3 Å². The molecule has 0 aliphatic carbocycles. The highest BCUT2D eigenvalue weighted by Gasteiger charge is 2.22. The monoisotopic (exact) mass is 462 g/mol. The van der Waals surface area contributed by atoms with Crippen LogP contribution in [0.2, 0.25) is 0 Å². The molecule has 3 N–H and O–H groups in total. The highest BCUT2D eigenvalue weighted by molar-refractivity contribution is 5.75. The number of phenolic OH excluding ortho intramolecular Hbond substituents is 2. The Morgan fingerprint density at radius 3 is 1.58 bits per heavy atom. The number of aliphatic carboxylic acids is 1. The quantitative estimate of drug-likeness (QED) is 0.457. The Morgan fingerprint density at radius 2 is 1.21 bits per heavy atom. The summed E-state index contributed by atoms with van der Waals surface area (Å²) >= 11 is 0. The van der Waals surface area contributed by atoms with Gasteiger partial charge in [-0.2, -0.15) is 0 Å². The Bertz CT molecular complexity index is 878. The van der Waals surface area contributed by atoms with Gasteiger partial charge in [0.05, 0.1) is 19.3 Å². The van der Waals surface area contributed by atoms with Crippen LogP contribution in [-0.2, 0) is 36.6 Å². The van der Waals surface area contributed by atoms with Gasteiger partial charge in [-0.25, -0.2) is 9.59 Å². The first-order valence-electron chi connectivity index (χ1n) is 10.7. The Kier molecular flexibility index (Phi) is 12.0. The lowest BCUT2D eigenvalue weighted by atomic mass is 10.1. The molecule has 0 amide bonds. The average Bonchev–Trinajstić information content (AvgIpc) is 2.72. The van der Waals surface area contributed by atoms with E-state index in [1.54, 1.807) is 56.3 Å². The molecule has 0 aromatic heterocycles. The van der Waals surface area contributed by atoms with Crippen LogP contribution in [0.1, 0.15) is 38.8 Å². The molecular weight excluding hydrogens is 428 g/mol. The molecule has 0 unspecified atom stereocenters. The van der Waals surface area contributed by atoms with E-state index in [4.69, 9.17) is 14.6 Å². The number of phenols is 2. The standard InChI is InChI=1S/C13H18O4.C12H16O4/c1-9(2)17-12(13(15)16-3)8-10-5-4-6-11(14)7-10;1-8(2)16-11(12(14)15)7-9-4-3-5-10(13)6-9/h4-7,9,12,14H,8H2,1-3H3;3-6,8,11,13H,7H2,1-2H3,(H,14,15)/t12-;11-/m00/s1. The van der Waals surface area contributed by atoms with Crippen LogP contribution in [0, 0.1) is 0 Å². The number of aromatic hydroxyl groups is 2. The van der Waals surface area contributed by atoms with Gasteiger partial charge in [0.25, 0.3) is 0 Å². The van der Waals surface area contributed by atoms with Gasteiger partial charge < -0.3 is 29.5 Å². The molecule has 2 atom stereocenters. The molecule has 2 aromatic rings. The number of carboxylic acid groups (broad SMARTS) is 1. The number of hydrogen-bond donors (Lipinski definition) is 3. The summed E-state index contributed by atoms with van der Waals surface area (Å²) in [5.74, 6) is -1.08. The zero-order valence-corrected chi connectivity index (χ0v) is 19.7. The fourth-order valence-corrected chi connectivity index (χ4v) is 2.96. The summed E-state index contributed by atoms with van der Waals surface area (Å²) in [6, 6.07) is 13.3. The molecule has 2 aromatic carbocycles. The van der Waals surface area contributed by atoms with E-state index in [9.17, 15) is 19.8 Å². The second-order valence-electron chi connectivity index (χ2n) is 7.96. The van der Waals surface area contributed by atoms with Gasteiger partial charge in [0.1, 0.15) is 11.5 Å². The summed E-state index contributed by atoms with van der Waals surface area (Å²) in [4.78, 5) is 22.5. The van der Waals surface area contributed by atoms with Crippen molar-refractivity contribution in [3.05, 3.63) is 59.7 Å². The zero-order valence-electron chi connectivity index (χ0n) is 19.7. The van der Waals surface area contributed by atoms with Crippen molar-refractivity contribution >= 4 is 11.9 Å². The van der Waals surface area contributed by atoms with Crippen molar-refractivity contribution in [1.29, 1.82) is 0 Å². The van der Waals surface area contributed by atoms with E-state index in [2.05, 4.69) is 4.74 Å². The van der Waals surface area contributed by atoms with Crippen molar-refractivity contribution < 1.29 is 39.1 Å². The molecule has 8 heteroatoms. The maximum Gasteiger partial charge on any atom is 0.335 e. The van der Waals surface area contributed by atoms with Crippen LogP contribution in [0.15, 0.2) is 48.5 Å². The summed E-state index contributed by atoms with van der Waals surface area (Å²) in [6.07, 6.45) is -1.07. The number of esters is 1. The van der Waals surface area contributed by atoms with E-state index in [0.29, 0.717) is 6.42 Å². The van der Waals surface area contributed by atoms with Crippen molar-refractivity contribution in [2.45, 2.75) is 65.0 Å². The van der Waals surface area contributed by atoms with Gasteiger partial charge >= 0.3 is 11.9 Å². The van der Waals surface area contributed by atoms with E-state index in [1.165, 1.54) is 7.11 Å². The fraction of sp³-hybridized carbons (Fsp3) is 0.440. The molecule has 0 saturated carbocycles. The highest BCUT2D eigenvalue weighted by atomic mass is 16.6. The largest absolute Gasteiger partial charge is 0.508 e. The summed E-state index contributed by atoms with van der Waals surface area (Å²) in [5, 5.41) is 27.6. The number of carboxylic acids is 1. The van der Waals surface area contributed by atoms with Crippen LogP contribution in [0.3, 0.4) is 0 Å². The number of benzene rings is 2. The fourth-order valence-electron chi connectivity index (χ4n) is 2.96. The Morgan fingerprint density at radius 1 is 0.788 bits per heavy atom. The van der Waals surface area contributed by atoms with E-state index >= 15 is 0 Å². The number of carbonyl (C=O) groups excluding carboxylic acids is 1. The first-order chi connectivity index (χ1) is 15.5. The molecule has 0 aliphatic heterocycles. The van der Waals surface area contributed by atoms with Crippen molar-refractivity contribution in [3.63, 3.8) is 0 Å². The topological polar surface area (TPSA) is 123 Å². The van der Waals surface area contributed by atoms with Crippen LogP contribution in [0.4, 0.5) is 0 Å². The molecule has 2 rings (SSSR count). The molecule has 0 aliphatic rings. The molecule has 0 spiro atoms. The Hall–Kier alpha value is -3.10. The predicted octanol–water partition coefficient (Wildman–Crippen LogP) is 3.71. The highest BCUT2D eigenvalue weighted by Crippen LogP contribution is 2.16. The second-order valence-corrected chi connectivity index (χ2v) is 7.96. The third-order valence-corrected chi connectivity index (χ3v) is 4.28. The van der Waals surface area contributed by atoms with Gasteiger partial charge in [-0.15, -0.1) is 0 Å². The first-order valence-corrected chi connectivity index (χ1v) is 10.7. The summed E-state index contributed by atoms with van der Waals surface area (Å²) in [7, 11) is 1.33. The molecule has 0 fully saturated rings. The molecule has 8 nitrogen and oxygen atoms in total. The van der Waals surface area contributed by atoms with E-state index in [0.717, 1.165) is 11.1 Å². The SMILES string of the molecule is CC(C)O[C@@H](Cc1cccc(O)c1)C(=O)O.COC(=O)[C@H](Cc1cccc(O)c1)OC(C)C. The minimum Gasteiger partial charge on any atom is -0.508 e. The van der Waals surface area contributed by atoms with Gasteiger partial charge in [-0.3, -0.25) is 0 Å². The van der Waals surface area contributed by atoms with Crippen molar-refractivity contribution in [2.24, 2.45) is 0 Å². The van der Waals surface area contributed by atoms with Gasteiger partial charge in [0, 0.05) is 12.8 Å². The van der Waals surface area contributed by atoms with Crippen LogP contribution in [0.5, 0.6) is 11.5 Å². The number of carbonyl (C=O) groups is 2. The van der Waals surface area contributed by atoms with E-state index in [-0.39, 0.29) is 30.1 Å². The smallest absolute Gasteiger partial charge is 0.335 e. The minimum atomic E-state index is -0.989. The normalized spacial score (nSPS) is 12.6. The second kappa shape index (κ2) is 14.1. The molecule has 0 heterocycles. The first kappa shape index (κ1) is 27.9. The maximum atomic E-state index is 11.5. The van der Waals surface area contributed by atoms with Crippen LogP contribution >= 0.6 is 0 Å². The summed E-state index contributed by atoms with van der Waals surface area (Å²) in [5.41, 5.74) is 1.58. The van der Waals surface area contributed by atoms with Crippen molar-refractivity contribution in [3.8, 4) is 11.5 Å². The molecule has 33 heavy (non-hydrogen) atoms. The summed E-state index contributed by atoms with van der Waals surface area (Å²) in [6.45, 7) is 7.30. The Labute approximate surface area is 194 Å². The van der Waals surface area contributed by atoms with Crippen molar-refractivity contribution in [2.75, 3.05) is 7.11 Å². The lowest BCUT2D eigenvalue weighted by Gasteiger charge is -2.18. The molecule has 0 radical (unpaired) electrons. The third kappa shape index (κ3) is 11.4. The van der Waals surface area contributed by atoms with Crippen molar-refractivity contribution in [1.82, 2.24) is 0 Å². The molecular formula is C25H34O8. The number of rotatable bonds is 10. The number of ether oxygens (including phenoxy) is 3. The van der Waals surface area contributed by atoms with Crippen LogP contribution in [-0.4, -0.2) is 58.8 Å². The Balaban J connectivity index is 0.000000331. The predicted molar refractivity (Wildman–Crippen MR) is 123 cm³/mol. The number of hydrogen-bond acceptors (Lipinski definition) is 7. The molecule has 0 saturated heterocycles. The van der Waals surface area contributed by atoms with Crippen LogP contribution < -0.4 is 0 Å². The number of methoxy groups -OCH3 is 1. The lowest BCUT2D eigenvalue weighted by molar-refractivity contribution is -0.156.